The molecule has 0 aliphatic heterocycles. The summed E-state index contributed by atoms with van der Waals surface area (Å²) in [7, 11) is 0. The van der Waals surface area contributed by atoms with Gasteiger partial charge in [0.2, 0.25) is 0 Å². The van der Waals surface area contributed by atoms with Crippen LogP contribution in [0.2, 0.25) is 0 Å². The lowest BCUT2D eigenvalue weighted by molar-refractivity contribution is -0.143. The summed E-state index contributed by atoms with van der Waals surface area (Å²) in [6.07, 6.45) is -9.74. The van der Waals surface area contributed by atoms with Crippen molar-refractivity contribution in [1.29, 1.82) is 0 Å². The molecule has 96 valence electrons. The molecule has 0 fully saturated rings. The van der Waals surface area contributed by atoms with Gasteiger partial charge in [-0.15, -0.1) is 0 Å². The minimum absolute atomic E-state index is 0.0625. The molecule has 1 rings (SSSR count). The van der Waals surface area contributed by atoms with Crippen molar-refractivity contribution in [2.75, 3.05) is 5.73 Å². The van der Waals surface area contributed by atoms with Crippen LogP contribution in [-0.2, 0) is 17.7 Å². The molecule has 0 saturated carbocycles. The first-order valence-electron chi connectivity index (χ1n) is 4.20. The maximum Gasteiger partial charge on any atom is 0.416 e. The highest BCUT2D eigenvalue weighted by molar-refractivity contribution is 9.08. The summed E-state index contributed by atoms with van der Waals surface area (Å²) in [5.74, 6) is 0. The largest absolute Gasteiger partial charge is 0.416 e. The number of anilines is 1. The maximum atomic E-state index is 12.5. The molecule has 0 radical (unpaired) electrons. The molecule has 0 aliphatic carbocycles. The second kappa shape index (κ2) is 4.40. The van der Waals surface area contributed by atoms with E-state index < -0.39 is 34.7 Å². The highest BCUT2D eigenvalue weighted by Crippen LogP contribution is 2.40. The molecular weight excluding hydrogens is 316 g/mol. The first-order valence-corrected chi connectivity index (χ1v) is 5.32. The molecule has 1 aromatic rings. The van der Waals surface area contributed by atoms with Gasteiger partial charge in [0, 0.05) is 11.0 Å². The Kier molecular flexibility index (Phi) is 3.66. The fraction of sp³-hybridized carbons (Fsp3) is 0.333. The van der Waals surface area contributed by atoms with E-state index in [1.165, 1.54) is 0 Å². The number of nitrogen functional groups attached to an aromatic ring is 1. The first kappa shape index (κ1) is 14.1. The SMILES string of the molecule is Nc1cc(C(F)(F)F)cc(C(F)(F)F)c1CBr. The van der Waals surface area contributed by atoms with E-state index in [0.717, 1.165) is 0 Å². The summed E-state index contributed by atoms with van der Waals surface area (Å²) in [5.41, 5.74) is 1.48. The van der Waals surface area contributed by atoms with Gasteiger partial charge in [-0.3, -0.25) is 0 Å². The van der Waals surface area contributed by atoms with Gasteiger partial charge in [0.25, 0.3) is 0 Å². The van der Waals surface area contributed by atoms with Crippen LogP contribution in [0.5, 0.6) is 0 Å². The molecule has 0 amide bonds. The highest BCUT2D eigenvalue weighted by Gasteiger charge is 2.38. The molecule has 0 aliphatic rings. The van der Waals surface area contributed by atoms with E-state index in [4.69, 9.17) is 5.73 Å². The molecule has 0 saturated heterocycles. The first-order chi connectivity index (χ1) is 7.57. The molecular formula is C9H6BrF6N. The minimum atomic E-state index is -4.88. The molecule has 0 unspecified atom stereocenters. The summed E-state index contributed by atoms with van der Waals surface area (Å²) < 4.78 is 74.6. The van der Waals surface area contributed by atoms with E-state index in [2.05, 4.69) is 15.9 Å². The maximum absolute atomic E-state index is 12.5. The second-order valence-corrected chi connectivity index (χ2v) is 3.78. The summed E-state index contributed by atoms with van der Waals surface area (Å²) in [6.45, 7) is 0. The zero-order chi connectivity index (χ0) is 13.4. The number of halogens is 7. The molecule has 0 heterocycles. The van der Waals surface area contributed by atoms with Crippen molar-refractivity contribution in [2.24, 2.45) is 0 Å². The number of rotatable bonds is 1. The molecule has 0 bridgehead atoms. The van der Waals surface area contributed by atoms with Crippen molar-refractivity contribution < 1.29 is 26.3 Å². The topological polar surface area (TPSA) is 26.0 Å². The second-order valence-electron chi connectivity index (χ2n) is 3.22. The highest BCUT2D eigenvalue weighted by atomic mass is 79.9. The number of benzene rings is 1. The molecule has 2 N–H and O–H groups in total. The van der Waals surface area contributed by atoms with Gasteiger partial charge in [-0.1, -0.05) is 15.9 Å². The average molecular weight is 322 g/mol. The lowest BCUT2D eigenvalue weighted by atomic mass is 10.0. The van der Waals surface area contributed by atoms with Crippen molar-refractivity contribution >= 4 is 21.6 Å². The van der Waals surface area contributed by atoms with Gasteiger partial charge in [0.15, 0.2) is 0 Å². The van der Waals surface area contributed by atoms with E-state index in [-0.39, 0.29) is 11.4 Å². The van der Waals surface area contributed by atoms with Gasteiger partial charge in [-0.25, -0.2) is 0 Å². The van der Waals surface area contributed by atoms with Crippen LogP contribution in [0.15, 0.2) is 12.1 Å². The van der Waals surface area contributed by atoms with Gasteiger partial charge in [-0.2, -0.15) is 26.3 Å². The van der Waals surface area contributed by atoms with Gasteiger partial charge < -0.3 is 5.73 Å². The zero-order valence-electron chi connectivity index (χ0n) is 8.08. The summed E-state index contributed by atoms with van der Waals surface area (Å²) in [5, 5.41) is -0.272. The molecule has 0 spiro atoms. The van der Waals surface area contributed by atoms with Crippen LogP contribution in [0.4, 0.5) is 32.0 Å². The Morgan fingerprint density at radius 2 is 1.53 bits per heavy atom. The number of nitrogens with two attached hydrogens (primary N) is 1. The lowest BCUT2D eigenvalue weighted by Gasteiger charge is -2.16. The molecule has 0 atom stereocenters. The third-order valence-electron chi connectivity index (χ3n) is 2.05. The number of alkyl halides is 7. The Labute approximate surface area is 101 Å². The predicted molar refractivity (Wildman–Crippen MR) is 53.5 cm³/mol. The normalized spacial score (nSPS) is 12.9. The Morgan fingerprint density at radius 1 is 1.00 bits per heavy atom. The van der Waals surface area contributed by atoms with E-state index >= 15 is 0 Å². The van der Waals surface area contributed by atoms with Crippen LogP contribution in [0.25, 0.3) is 0 Å². The van der Waals surface area contributed by atoms with Gasteiger partial charge >= 0.3 is 12.4 Å². The van der Waals surface area contributed by atoms with Gasteiger partial charge in [-0.05, 0) is 17.7 Å². The molecule has 8 heteroatoms. The molecule has 1 aromatic carbocycles. The van der Waals surface area contributed by atoms with Crippen LogP contribution >= 0.6 is 15.9 Å². The van der Waals surface area contributed by atoms with Crippen molar-refractivity contribution in [3.8, 4) is 0 Å². The predicted octanol–water partition coefficient (Wildman–Crippen LogP) is 4.20. The molecule has 0 aromatic heterocycles. The average Bonchev–Trinajstić information content (AvgIpc) is 2.13. The fourth-order valence-corrected chi connectivity index (χ4v) is 1.89. The molecule has 17 heavy (non-hydrogen) atoms. The quantitative estimate of drug-likeness (QED) is 0.468. The third-order valence-corrected chi connectivity index (χ3v) is 2.61. The van der Waals surface area contributed by atoms with E-state index in [1.807, 2.05) is 0 Å². The van der Waals surface area contributed by atoms with Crippen LogP contribution in [0.1, 0.15) is 16.7 Å². The smallest absolute Gasteiger partial charge is 0.398 e. The van der Waals surface area contributed by atoms with E-state index in [1.54, 1.807) is 0 Å². The Morgan fingerprint density at radius 3 is 1.88 bits per heavy atom. The van der Waals surface area contributed by atoms with Gasteiger partial charge in [0.05, 0.1) is 11.1 Å². The summed E-state index contributed by atoms with van der Waals surface area (Å²) in [4.78, 5) is 0. The summed E-state index contributed by atoms with van der Waals surface area (Å²) >= 11 is 2.77. The summed E-state index contributed by atoms with van der Waals surface area (Å²) in [6, 6.07) is 0.554. The van der Waals surface area contributed by atoms with Crippen molar-refractivity contribution in [2.45, 2.75) is 17.7 Å². The number of hydrogen-bond donors (Lipinski definition) is 1. The van der Waals surface area contributed by atoms with Crippen molar-refractivity contribution in [1.82, 2.24) is 0 Å². The minimum Gasteiger partial charge on any atom is -0.398 e. The van der Waals surface area contributed by atoms with Crippen LogP contribution in [0.3, 0.4) is 0 Å². The standard InChI is InChI=1S/C9H6BrF6N/c10-3-5-6(9(14,15)16)1-4(2-7(5)17)8(11,12)13/h1-2H,3,17H2. The Bertz CT molecular complexity index is 423. The van der Waals surface area contributed by atoms with Crippen LogP contribution in [0, 0.1) is 0 Å². The fourth-order valence-electron chi connectivity index (χ4n) is 1.26. The van der Waals surface area contributed by atoms with E-state index in [0.29, 0.717) is 6.07 Å². The van der Waals surface area contributed by atoms with Crippen molar-refractivity contribution in [3.63, 3.8) is 0 Å². The van der Waals surface area contributed by atoms with Crippen LogP contribution < -0.4 is 5.73 Å². The monoisotopic (exact) mass is 321 g/mol. The lowest BCUT2D eigenvalue weighted by Crippen LogP contribution is -2.15. The third kappa shape index (κ3) is 3.05. The number of hydrogen-bond acceptors (Lipinski definition) is 1. The molecule has 1 nitrogen and oxygen atoms in total. The van der Waals surface area contributed by atoms with Gasteiger partial charge in [0.1, 0.15) is 0 Å². The zero-order valence-corrected chi connectivity index (χ0v) is 9.67. The van der Waals surface area contributed by atoms with Crippen molar-refractivity contribution in [3.05, 3.63) is 28.8 Å². The van der Waals surface area contributed by atoms with Crippen LogP contribution in [-0.4, -0.2) is 0 Å². The Hall–Kier alpha value is -0.920. The van der Waals surface area contributed by atoms with E-state index in [9.17, 15) is 26.3 Å². The Balaban J connectivity index is 3.51.